The standard InChI is InChI=1S/C9H19O2Si2.Al/c1-12(2,3)7-8(9(10)11)13(4,5)6;/h1-6H3,(H,10,11);/q;+1/p-1. The molecule has 0 saturated carbocycles. The lowest BCUT2D eigenvalue weighted by Gasteiger charge is -2.24. The lowest BCUT2D eigenvalue weighted by atomic mass is 10.6. The van der Waals surface area contributed by atoms with Crippen molar-refractivity contribution in [2.24, 2.45) is 0 Å². The molecule has 0 spiro atoms. The Hall–Kier alpha value is 0.176. The first-order valence-corrected chi connectivity index (χ1v) is 13.0. The maximum Gasteiger partial charge on any atom is 0.563 e. The van der Waals surface area contributed by atoms with Crippen LogP contribution >= 0.6 is 0 Å². The molecule has 0 aromatic carbocycles. The predicted octanol–water partition coefficient (Wildman–Crippen LogP) is 2.17. The SMILES string of the molecule is C[Si](C)(C)[C]1=C([Si](C)(C)C)C(=O)[O][Al]1. The highest BCUT2D eigenvalue weighted by Crippen LogP contribution is 2.30. The van der Waals surface area contributed by atoms with Gasteiger partial charge in [-0.2, -0.15) is 0 Å². The summed E-state index contributed by atoms with van der Waals surface area (Å²) in [5.41, 5.74) is 0. The van der Waals surface area contributed by atoms with Crippen molar-refractivity contribution in [3.63, 3.8) is 0 Å². The van der Waals surface area contributed by atoms with E-state index in [9.17, 15) is 4.79 Å². The first-order chi connectivity index (χ1) is 6.14. The second kappa shape index (κ2) is 3.64. The Morgan fingerprint density at radius 2 is 1.50 bits per heavy atom. The van der Waals surface area contributed by atoms with Crippen LogP contribution < -0.4 is 0 Å². The lowest BCUT2D eigenvalue weighted by Crippen LogP contribution is -2.34. The summed E-state index contributed by atoms with van der Waals surface area (Å²) in [4.78, 5) is 11.7. The Balaban J connectivity index is 3.23. The molecule has 77 valence electrons. The van der Waals surface area contributed by atoms with Gasteiger partial charge in [0.25, 0.3) is 5.97 Å². The van der Waals surface area contributed by atoms with E-state index < -0.39 is 16.1 Å². The quantitative estimate of drug-likeness (QED) is 0.693. The molecule has 0 bridgehead atoms. The smallest absolute Gasteiger partial charge is 0.563 e. The van der Waals surface area contributed by atoms with Crippen LogP contribution in [-0.2, 0) is 8.58 Å². The van der Waals surface area contributed by atoms with Crippen molar-refractivity contribution < 1.29 is 8.58 Å². The van der Waals surface area contributed by atoms with E-state index in [4.69, 9.17) is 3.79 Å². The van der Waals surface area contributed by atoms with Crippen molar-refractivity contribution in [2.75, 3.05) is 0 Å². The fourth-order valence-electron chi connectivity index (χ4n) is 1.60. The van der Waals surface area contributed by atoms with E-state index >= 15 is 0 Å². The minimum absolute atomic E-state index is 0.00316. The molecule has 0 aromatic heterocycles. The molecule has 14 heavy (non-hydrogen) atoms. The van der Waals surface area contributed by atoms with E-state index in [1.165, 1.54) is 4.06 Å². The molecule has 1 aliphatic heterocycles. The minimum Gasteiger partial charge on any atom is -0.615 e. The van der Waals surface area contributed by atoms with E-state index in [-0.39, 0.29) is 21.5 Å². The van der Waals surface area contributed by atoms with Crippen LogP contribution in [0, 0.1) is 0 Å². The third-order valence-corrected chi connectivity index (χ3v) is 10.5. The van der Waals surface area contributed by atoms with Gasteiger partial charge in [-0.1, -0.05) is 43.3 Å². The largest absolute Gasteiger partial charge is 0.615 e. The number of carbonyl (C=O) groups excluding carboxylic acids is 1. The van der Waals surface area contributed by atoms with E-state index in [0.29, 0.717) is 0 Å². The predicted molar refractivity (Wildman–Crippen MR) is 65.6 cm³/mol. The van der Waals surface area contributed by atoms with Crippen LogP contribution in [0.15, 0.2) is 9.25 Å². The van der Waals surface area contributed by atoms with Gasteiger partial charge in [-0.3, -0.25) is 4.79 Å². The maximum atomic E-state index is 11.7. The molecule has 0 fully saturated rings. The highest BCUT2D eigenvalue weighted by Gasteiger charge is 2.40. The van der Waals surface area contributed by atoms with Crippen LogP contribution in [0.1, 0.15) is 0 Å². The third-order valence-electron chi connectivity index (χ3n) is 2.32. The summed E-state index contributed by atoms with van der Waals surface area (Å²) in [5, 5.41) is 1.10. The number of hydrogen-bond donors (Lipinski definition) is 0. The van der Waals surface area contributed by atoms with Crippen molar-refractivity contribution in [2.45, 2.75) is 39.3 Å². The zero-order valence-corrected chi connectivity index (χ0v) is 13.0. The van der Waals surface area contributed by atoms with Crippen LogP contribution in [0.4, 0.5) is 0 Å². The zero-order valence-electron chi connectivity index (χ0n) is 9.89. The van der Waals surface area contributed by atoms with Crippen molar-refractivity contribution >= 4 is 37.7 Å². The van der Waals surface area contributed by atoms with Gasteiger partial charge in [-0.05, 0) is 0 Å². The summed E-state index contributed by atoms with van der Waals surface area (Å²) in [6.07, 6.45) is 0. The highest BCUT2D eigenvalue weighted by molar-refractivity contribution is 6.99. The fraction of sp³-hybridized carbons (Fsp3) is 0.667. The first-order valence-electron chi connectivity index (χ1n) is 4.93. The van der Waals surface area contributed by atoms with Gasteiger partial charge in [0.05, 0.1) is 16.1 Å². The molecule has 0 saturated heterocycles. The zero-order chi connectivity index (χ0) is 11.1. The average Bonchev–Trinajstić information content (AvgIpc) is 2.27. The first kappa shape index (κ1) is 12.2. The number of hydrogen-bond acceptors (Lipinski definition) is 2. The molecule has 0 aromatic rings. The van der Waals surface area contributed by atoms with Crippen LogP contribution in [0.3, 0.4) is 0 Å². The van der Waals surface area contributed by atoms with Crippen LogP contribution in [0.25, 0.3) is 0 Å². The van der Waals surface area contributed by atoms with Gasteiger partial charge in [-0.15, -0.1) is 0 Å². The molecular weight excluding hydrogens is 223 g/mol. The molecule has 0 aliphatic carbocycles. The van der Waals surface area contributed by atoms with Crippen molar-refractivity contribution in [3.05, 3.63) is 9.25 Å². The van der Waals surface area contributed by atoms with Crippen LogP contribution in [0.5, 0.6) is 0 Å². The third kappa shape index (κ3) is 2.40. The van der Waals surface area contributed by atoms with Gasteiger partial charge in [-0.25, -0.2) is 0 Å². The molecule has 1 rings (SSSR count). The molecule has 1 heterocycles. The van der Waals surface area contributed by atoms with Crippen LogP contribution in [-0.4, -0.2) is 37.7 Å². The van der Waals surface area contributed by atoms with Gasteiger partial charge in [0.15, 0.2) is 0 Å². The summed E-state index contributed by atoms with van der Waals surface area (Å²) in [6.45, 7) is 13.6. The maximum absolute atomic E-state index is 11.7. The summed E-state index contributed by atoms with van der Waals surface area (Å²) in [6, 6.07) is 0. The Morgan fingerprint density at radius 1 is 1.00 bits per heavy atom. The molecule has 1 radical (unpaired) electrons. The van der Waals surface area contributed by atoms with Gasteiger partial charge in [0.1, 0.15) is 0 Å². The van der Waals surface area contributed by atoms with Crippen molar-refractivity contribution in [1.29, 1.82) is 0 Å². The topological polar surface area (TPSA) is 26.3 Å². The molecule has 0 atom stereocenters. The van der Waals surface area contributed by atoms with E-state index in [0.717, 1.165) is 5.20 Å². The van der Waals surface area contributed by atoms with Gasteiger partial charge in [0.2, 0.25) is 0 Å². The van der Waals surface area contributed by atoms with Crippen molar-refractivity contribution in [3.8, 4) is 0 Å². The average molecular weight is 241 g/mol. The molecule has 2 nitrogen and oxygen atoms in total. The van der Waals surface area contributed by atoms with Gasteiger partial charge in [0, 0.05) is 5.20 Å². The molecule has 1 aliphatic rings. The second-order valence-corrected chi connectivity index (χ2v) is 17.5. The van der Waals surface area contributed by atoms with Gasteiger partial charge >= 0.3 is 15.6 Å². The Labute approximate surface area is 94.8 Å². The van der Waals surface area contributed by atoms with Crippen molar-refractivity contribution in [1.82, 2.24) is 0 Å². The Bertz CT molecular complexity index is 297. The highest BCUT2D eigenvalue weighted by atomic mass is 28.3. The monoisotopic (exact) mass is 241 g/mol. The fourth-order valence-corrected chi connectivity index (χ4v) is 9.95. The van der Waals surface area contributed by atoms with E-state index in [2.05, 4.69) is 39.3 Å². The number of rotatable bonds is 2. The molecule has 5 heteroatoms. The number of carbonyl (C=O) groups is 1. The van der Waals surface area contributed by atoms with E-state index in [1.807, 2.05) is 0 Å². The summed E-state index contributed by atoms with van der Waals surface area (Å²) in [5.74, 6) is -0.00316. The summed E-state index contributed by atoms with van der Waals surface area (Å²) >= 11 is -0.192. The van der Waals surface area contributed by atoms with Crippen LogP contribution in [0.2, 0.25) is 39.3 Å². The molecular formula is C9H18AlO2Si2. The Kier molecular flexibility index (Phi) is 3.18. The summed E-state index contributed by atoms with van der Waals surface area (Å²) < 4.78 is 6.70. The minimum atomic E-state index is -1.50. The normalized spacial score (nSPS) is 18.3. The molecule has 0 unspecified atom stereocenters. The molecule has 0 N–H and O–H groups in total. The summed E-state index contributed by atoms with van der Waals surface area (Å²) in [7, 11) is -2.83. The van der Waals surface area contributed by atoms with Gasteiger partial charge < -0.3 is 3.79 Å². The lowest BCUT2D eigenvalue weighted by molar-refractivity contribution is -0.128. The second-order valence-electron chi connectivity index (χ2n) is 5.81. The van der Waals surface area contributed by atoms with E-state index in [1.54, 1.807) is 0 Å². The Morgan fingerprint density at radius 3 is 1.79 bits per heavy atom. The molecule has 0 amide bonds.